The summed E-state index contributed by atoms with van der Waals surface area (Å²) in [6.45, 7) is 3.45. The van der Waals surface area contributed by atoms with Gasteiger partial charge >= 0.3 is 6.03 Å². The van der Waals surface area contributed by atoms with Crippen molar-refractivity contribution in [3.05, 3.63) is 34.3 Å². The number of benzene rings is 1. The number of carbonyl (C=O) groups is 1. The van der Waals surface area contributed by atoms with Crippen LogP contribution in [0.1, 0.15) is 12.5 Å². The van der Waals surface area contributed by atoms with Gasteiger partial charge in [-0.2, -0.15) is 0 Å². The molecule has 88 valence electrons. The Labute approximate surface area is 105 Å². The van der Waals surface area contributed by atoms with Crippen molar-refractivity contribution in [3.8, 4) is 0 Å². The molecule has 1 N–H and O–H groups in total. The molecule has 0 saturated carbocycles. The molecule has 2 amide bonds. The molecule has 0 aromatic heterocycles. The highest BCUT2D eigenvalue weighted by molar-refractivity contribution is 9.10. The molecule has 0 unspecified atom stereocenters. The molecule has 1 aromatic rings. The van der Waals surface area contributed by atoms with E-state index < -0.39 is 0 Å². The van der Waals surface area contributed by atoms with Crippen LogP contribution >= 0.6 is 15.9 Å². The van der Waals surface area contributed by atoms with E-state index in [-0.39, 0.29) is 6.03 Å². The SMILES string of the molecule is CCN(CCc1cccc(Br)c1)C(=O)NC. The molecular formula is C12H17BrN2O. The minimum Gasteiger partial charge on any atom is -0.341 e. The van der Waals surface area contributed by atoms with Gasteiger partial charge in [-0.15, -0.1) is 0 Å². The summed E-state index contributed by atoms with van der Waals surface area (Å²) in [4.78, 5) is 13.2. The number of nitrogens with one attached hydrogen (secondary N) is 1. The Morgan fingerprint density at radius 1 is 1.50 bits per heavy atom. The van der Waals surface area contributed by atoms with Crippen molar-refractivity contribution < 1.29 is 4.79 Å². The highest BCUT2D eigenvalue weighted by atomic mass is 79.9. The van der Waals surface area contributed by atoms with Gasteiger partial charge in [0.05, 0.1) is 0 Å². The Hall–Kier alpha value is -1.03. The molecule has 0 heterocycles. The molecule has 0 bridgehead atoms. The fourth-order valence-corrected chi connectivity index (χ4v) is 1.96. The molecule has 0 aliphatic heterocycles. The van der Waals surface area contributed by atoms with Crippen molar-refractivity contribution in [2.24, 2.45) is 0 Å². The number of likely N-dealkylation sites (N-methyl/N-ethyl adjacent to an activating group) is 1. The largest absolute Gasteiger partial charge is 0.341 e. The molecule has 1 aromatic carbocycles. The first-order chi connectivity index (χ1) is 7.67. The van der Waals surface area contributed by atoms with Crippen LogP contribution in [0.15, 0.2) is 28.7 Å². The van der Waals surface area contributed by atoms with E-state index in [4.69, 9.17) is 0 Å². The van der Waals surface area contributed by atoms with Gasteiger partial charge in [-0.25, -0.2) is 4.79 Å². The van der Waals surface area contributed by atoms with Crippen LogP contribution < -0.4 is 5.32 Å². The van der Waals surface area contributed by atoms with Crippen LogP contribution in [0.2, 0.25) is 0 Å². The number of amides is 2. The van der Waals surface area contributed by atoms with Gasteiger partial charge in [0, 0.05) is 24.6 Å². The Morgan fingerprint density at radius 2 is 2.25 bits per heavy atom. The Morgan fingerprint density at radius 3 is 2.81 bits per heavy atom. The number of carbonyl (C=O) groups excluding carboxylic acids is 1. The molecule has 0 fully saturated rings. The molecule has 0 atom stereocenters. The van der Waals surface area contributed by atoms with Crippen LogP contribution in [0.5, 0.6) is 0 Å². The molecule has 3 nitrogen and oxygen atoms in total. The normalized spacial score (nSPS) is 9.94. The second kappa shape index (κ2) is 6.53. The first-order valence-electron chi connectivity index (χ1n) is 5.38. The van der Waals surface area contributed by atoms with Gasteiger partial charge in [0.1, 0.15) is 0 Å². The van der Waals surface area contributed by atoms with Gasteiger partial charge in [0.15, 0.2) is 0 Å². The van der Waals surface area contributed by atoms with Crippen LogP contribution in [0.4, 0.5) is 4.79 Å². The van der Waals surface area contributed by atoms with E-state index in [0.29, 0.717) is 0 Å². The van der Waals surface area contributed by atoms with Crippen molar-refractivity contribution >= 4 is 22.0 Å². The van der Waals surface area contributed by atoms with E-state index in [0.717, 1.165) is 24.0 Å². The maximum absolute atomic E-state index is 11.4. The average Bonchev–Trinajstić information content (AvgIpc) is 2.29. The first kappa shape index (κ1) is 13.0. The van der Waals surface area contributed by atoms with E-state index in [9.17, 15) is 4.79 Å². The van der Waals surface area contributed by atoms with Gasteiger partial charge in [0.2, 0.25) is 0 Å². The molecule has 0 saturated heterocycles. The maximum Gasteiger partial charge on any atom is 0.317 e. The summed E-state index contributed by atoms with van der Waals surface area (Å²) in [6, 6.07) is 8.15. The highest BCUT2D eigenvalue weighted by Crippen LogP contribution is 2.12. The first-order valence-corrected chi connectivity index (χ1v) is 6.17. The molecule has 1 rings (SSSR count). The number of halogens is 1. The quantitative estimate of drug-likeness (QED) is 0.906. The molecule has 0 aliphatic carbocycles. The lowest BCUT2D eigenvalue weighted by atomic mass is 10.1. The van der Waals surface area contributed by atoms with E-state index in [1.54, 1.807) is 11.9 Å². The fourth-order valence-electron chi connectivity index (χ4n) is 1.52. The topological polar surface area (TPSA) is 32.3 Å². The van der Waals surface area contributed by atoms with Crippen LogP contribution in [-0.2, 0) is 6.42 Å². The van der Waals surface area contributed by atoms with Gasteiger partial charge in [0.25, 0.3) is 0 Å². The molecular weight excluding hydrogens is 268 g/mol. The van der Waals surface area contributed by atoms with Crippen molar-refractivity contribution in [2.45, 2.75) is 13.3 Å². The van der Waals surface area contributed by atoms with Crippen molar-refractivity contribution in [1.29, 1.82) is 0 Å². The summed E-state index contributed by atoms with van der Waals surface area (Å²) in [5, 5.41) is 2.64. The second-order valence-electron chi connectivity index (χ2n) is 3.51. The lowest BCUT2D eigenvalue weighted by Gasteiger charge is -2.20. The number of hydrogen-bond acceptors (Lipinski definition) is 1. The molecule has 0 radical (unpaired) electrons. The van der Waals surface area contributed by atoms with Gasteiger partial charge in [-0.3, -0.25) is 0 Å². The number of hydrogen-bond donors (Lipinski definition) is 1. The monoisotopic (exact) mass is 284 g/mol. The average molecular weight is 285 g/mol. The lowest BCUT2D eigenvalue weighted by Crippen LogP contribution is -2.39. The predicted molar refractivity (Wildman–Crippen MR) is 69.5 cm³/mol. The molecule has 0 spiro atoms. The number of nitrogens with zero attached hydrogens (tertiary/aromatic N) is 1. The Bertz CT molecular complexity index is 355. The minimum absolute atomic E-state index is 0.0162. The third kappa shape index (κ3) is 3.85. The Kier molecular flexibility index (Phi) is 5.32. The second-order valence-corrected chi connectivity index (χ2v) is 4.43. The lowest BCUT2D eigenvalue weighted by molar-refractivity contribution is 0.203. The van der Waals surface area contributed by atoms with Crippen LogP contribution in [0, 0.1) is 0 Å². The standard InChI is InChI=1S/C12H17BrN2O/c1-3-15(12(16)14-2)8-7-10-5-4-6-11(13)9-10/h4-6,9H,3,7-8H2,1-2H3,(H,14,16). The third-order valence-corrected chi connectivity index (χ3v) is 2.94. The summed E-state index contributed by atoms with van der Waals surface area (Å²) in [6.07, 6.45) is 0.876. The summed E-state index contributed by atoms with van der Waals surface area (Å²) in [5.74, 6) is 0. The van der Waals surface area contributed by atoms with Crippen LogP contribution in [-0.4, -0.2) is 31.1 Å². The summed E-state index contributed by atoms with van der Waals surface area (Å²) < 4.78 is 1.08. The summed E-state index contributed by atoms with van der Waals surface area (Å²) in [7, 11) is 1.66. The number of urea groups is 1. The summed E-state index contributed by atoms with van der Waals surface area (Å²) >= 11 is 3.44. The Balaban J connectivity index is 2.52. The minimum atomic E-state index is -0.0162. The number of rotatable bonds is 4. The van der Waals surface area contributed by atoms with Crippen molar-refractivity contribution in [1.82, 2.24) is 10.2 Å². The molecule has 4 heteroatoms. The predicted octanol–water partition coefficient (Wildman–Crippen LogP) is 2.65. The van der Waals surface area contributed by atoms with E-state index >= 15 is 0 Å². The van der Waals surface area contributed by atoms with Crippen LogP contribution in [0.25, 0.3) is 0 Å². The van der Waals surface area contributed by atoms with Crippen molar-refractivity contribution in [2.75, 3.05) is 20.1 Å². The highest BCUT2D eigenvalue weighted by Gasteiger charge is 2.08. The maximum atomic E-state index is 11.4. The fraction of sp³-hybridized carbons (Fsp3) is 0.417. The van der Waals surface area contributed by atoms with Crippen molar-refractivity contribution in [3.63, 3.8) is 0 Å². The van der Waals surface area contributed by atoms with E-state index in [2.05, 4.69) is 33.4 Å². The van der Waals surface area contributed by atoms with E-state index in [1.807, 2.05) is 19.1 Å². The summed E-state index contributed by atoms with van der Waals surface area (Å²) in [5.41, 5.74) is 1.23. The van der Waals surface area contributed by atoms with Gasteiger partial charge < -0.3 is 10.2 Å². The van der Waals surface area contributed by atoms with Gasteiger partial charge in [-0.1, -0.05) is 28.1 Å². The van der Waals surface area contributed by atoms with E-state index in [1.165, 1.54) is 5.56 Å². The smallest absolute Gasteiger partial charge is 0.317 e. The zero-order chi connectivity index (χ0) is 12.0. The zero-order valence-electron chi connectivity index (χ0n) is 9.66. The molecule has 16 heavy (non-hydrogen) atoms. The zero-order valence-corrected chi connectivity index (χ0v) is 11.3. The van der Waals surface area contributed by atoms with Gasteiger partial charge in [-0.05, 0) is 31.0 Å². The molecule has 0 aliphatic rings. The van der Waals surface area contributed by atoms with Crippen LogP contribution in [0.3, 0.4) is 0 Å². The third-order valence-electron chi connectivity index (χ3n) is 2.44.